The van der Waals surface area contributed by atoms with Gasteiger partial charge < -0.3 is 15.2 Å². The maximum atomic E-state index is 5.94. The Morgan fingerprint density at radius 1 is 1.37 bits per heavy atom. The van der Waals surface area contributed by atoms with Crippen LogP contribution in [0.15, 0.2) is 30.5 Å². The molecule has 102 valence electrons. The van der Waals surface area contributed by atoms with Crippen LogP contribution < -0.4 is 15.2 Å². The molecule has 0 aliphatic carbocycles. The Morgan fingerprint density at radius 3 is 2.74 bits per heavy atom. The highest BCUT2D eigenvalue weighted by Gasteiger charge is 2.10. The summed E-state index contributed by atoms with van der Waals surface area (Å²) in [7, 11) is 3.51. The van der Waals surface area contributed by atoms with Crippen LogP contribution in [0.4, 0.5) is 0 Å². The SMILES string of the molecule is COc1ccc(C(C)N)c(OCc2ccn(C)n2)c1. The van der Waals surface area contributed by atoms with Gasteiger partial charge in [-0.05, 0) is 19.1 Å². The van der Waals surface area contributed by atoms with E-state index in [9.17, 15) is 0 Å². The van der Waals surface area contributed by atoms with E-state index in [1.807, 2.05) is 44.4 Å². The Labute approximate surface area is 112 Å². The molecule has 0 bridgehead atoms. The first-order chi connectivity index (χ1) is 9.10. The molecule has 2 N–H and O–H groups in total. The molecule has 0 spiro atoms. The second-order valence-electron chi connectivity index (χ2n) is 4.46. The summed E-state index contributed by atoms with van der Waals surface area (Å²) in [4.78, 5) is 0. The first-order valence-electron chi connectivity index (χ1n) is 6.15. The van der Waals surface area contributed by atoms with Crippen molar-refractivity contribution in [1.82, 2.24) is 9.78 Å². The summed E-state index contributed by atoms with van der Waals surface area (Å²) in [5.74, 6) is 1.49. The quantitative estimate of drug-likeness (QED) is 0.894. The van der Waals surface area contributed by atoms with Gasteiger partial charge >= 0.3 is 0 Å². The van der Waals surface area contributed by atoms with E-state index >= 15 is 0 Å². The molecule has 0 aliphatic rings. The first kappa shape index (κ1) is 13.4. The number of rotatable bonds is 5. The largest absolute Gasteiger partial charge is 0.497 e. The van der Waals surface area contributed by atoms with Crippen molar-refractivity contribution in [3.63, 3.8) is 0 Å². The van der Waals surface area contributed by atoms with Crippen LogP contribution in [0.2, 0.25) is 0 Å². The number of hydrogen-bond donors (Lipinski definition) is 1. The minimum atomic E-state index is -0.0929. The van der Waals surface area contributed by atoms with E-state index in [1.54, 1.807) is 11.8 Å². The van der Waals surface area contributed by atoms with Crippen molar-refractivity contribution < 1.29 is 9.47 Å². The molecule has 1 aromatic heterocycles. The molecular weight excluding hydrogens is 242 g/mol. The van der Waals surface area contributed by atoms with Gasteiger partial charge in [0.2, 0.25) is 0 Å². The third-order valence-electron chi connectivity index (χ3n) is 2.86. The topological polar surface area (TPSA) is 62.3 Å². The summed E-state index contributed by atoms with van der Waals surface area (Å²) < 4.78 is 12.8. The van der Waals surface area contributed by atoms with Gasteiger partial charge in [-0.2, -0.15) is 5.10 Å². The minimum absolute atomic E-state index is 0.0929. The van der Waals surface area contributed by atoms with Crippen molar-refractivity contribution in [2.45, 2.75) is 19.6 Å². The predicted molar refractivity (Wildman–Crippen MR) is 73.1 cm³/mol. The molecule has 1 unspecified atom stereocenters. The van der Waals surface area contributed by atoms with Gasteiger partial charge in [0.15, 0.2) is 0 Å². The lowest BCUT2D eigenvalue weighted by Gasteiger charge is -2.14. The summed E-state index contributed by atoms with van der Waals surface area (Å²) in [6, 6.07) is 7.49. The molecule has 1 heterocycles. The van der Waals surface area contributed by atoms with Crippen LogP contribution in [0.5, 0.6) is 11.5 Å². The van der Waals surface area contributed by atoms with E-state index in [1.165, 1.54) is 0 Å². The second kappa shape index (κ2) is 5.75. The van der Waals surface area contributed by atoms with Crippen molar-refractivity contribution in [2.24, 2.45) is 12.8 Å². The number of hydrogen-bond acceptors (Lipinski definition) is 4. The molecule has 0 radical (unpaired) electrons. The Morgan fingerprint density at radius 2 is 2.16 bits per heavy atom. The van der Waals surface area contributed by atoms with Crippen LogP contribution >= 0.6 is 0 Å². The molecule has 1 atom stereocenters. The highest BCUT2D eigenvalue weighted by Crippen LogP contribution is 2.29. The predicted octanol–water partition coefficient (Wildman–Crippen LogP) is 2.03. The fourth-order valence-corrected chi connectivity index (χ4v) is 1.83. The lowest BCUT2D eigenvalue weighted by molar-refractivity contribution is 0.293. The van der Waals surface area contributed by atoms with Gasteiger partial charge in [0.05, 0.1) is 12.8 Å². The van der Waals surface area contributed by atoms with Gasteiger partial charge in [0.1, 0.15) is 18.1 Å². The van der Waals surface area contributed by atoms with Crippen molar-refractivity contribution >= 4 is 0 Å². The average Bonchev–Trinajstić information content (AvgIpc) is 2.81. The van der Waals surface area contributed by atoms with Gasteiger partial charge in [-0.25, -0.2) is 0 Å². The van der Waals surface area contributed by atoms with Crippen molar-refractivity contribution in [3.05, 3.63) is 41.7 Å². The molecule has 2 rings (SSSR count). The number of aryl methyl sites for hydroxylation is 1. The summed E-state index contributed by atoms with van der Waals surface area (Å²) in [5, 5.41) is 4.27. The first-order valence-corrected chi connectivity index (χ1v) is 6.15. The highest BCUT2D eigenvalue weighted by molar-refractivity contribution is 5.42. The number of benzene rings is 1. The van der Waals surface area contributed by atoms with E-state index in [0.717, 1.165) is 22.8 Å². The zero-order valence-electron chi connectivity index (χ0n) is 11.5. The number of nitrogens with two attached hydrogens (primary N) is 1. The highest BCUT2D eigenvalue weighted by atomic mass is 16.5. The third-order valence-corrected chi connectivity index (χ3v) is 2.86. The molecule has 1 aromatic carbocycles. The molecular formula is C14H19N3O2. The van der Waals surface area contributed by atoms with E-state index in [2.05, 4.69) is 5.10 Å². The molecule has 0 amide bonds. The van der Waals surface area contributed by atoms with Crippen molar-refractivity contribution in [1.29, 1.82) is 0 Å². The summed E-state index contributed by atoms with van der Waals surface area (Å²) in [6.45, 7) is 2.34. The molecule has 0 saturated carbocycles. The van der Waals surface area contributed by atoms with Gasteiger partial charge in [-0.3, -0.25) is 4.68 Å². The van der Waals surface area contributed by atoms with Gasteiger partial charge in [0.25, 0.3) is 0 Å². The number of methoxy groups -OCH3 is 1. The minimum Gasteiger partial charge on any atom is -0.497 e. The molecule has 0 fully saturated rings. The second-order valence-corrected chi connectivity index (χ2v) is 4.46. The lowest BCUT2D eigenvalue weighted by Crippen LogP contribution is -2.08. The van der Waals surface area contributed by atoms with E-state index in [-0.39, 0.29) is 6.04 Å². The van der Waals surface area contributed by atoms with E-state index in [4.69, 9.17) is 15.2 Å². The summed E-state index contributed by atoms with van der Waals surface area (Å²) >= 11 is 0. The molecule has 0 saturated heterocycles. The maximum Gasteiger partial charge on any atom is 0.132 e. The molecule has 5 heteroatoms. The number of ether oxygens (including phenoxy) is 2. The number of nitrogens with zero attached hydrogens (tertiary/aromatic N) is 2. The van der Waals surface area contributed by atoms with Gasteiger partial charge in [0, 0.05) is 30.9 Å². The van der Waals surface area contributed by atoms with Gasteiger partial charge in [-0.15, -0.1) is 0 Å². The molecule has 2 aromatic rings. The molecule has 19 heavy (non-hydrogen) atoms. The molecule has 5 nitrogen and oxygen atoms in total. The fraction of sp³-hybridized carbons (Fsp3) is 0.357. The van der Waals surface area contributed by atoms with Crippen LogP contribution in [0.1, 0.15) is 24.2 Å². The normalized spacial score (nSPS) is 12.2. The Kier molecular flexibility index (Phi) is 4.06. The zero-order chi connectivity index (χ0) is 13.8. The fourth-order valence-electron chi connectivity index (χ4n) is 1.83. The lowest BCUT2D eigenvalue weighted by atomic mass is 10.1. The van der Waals surface area contributed by atoms with E-state index in [0.29, 0.717) is 6.61 Å². The Hall–Kier alpha value is -2.01. The maximum absolute atomic E-state index is 5.94. The third kappa shape index (κ3) is 3.26. The Balaban J connectivity index is 2.17. The van der Waals surface area contributed by atoms with Crippen LogP contribution in [-0.2, 0) is 13.7 Å². The van der Waals surface area contributed by atoms with Gasteiger partial charge in [-0.1, -0.05) is 6.07 Å². The number of aromatic nitrogens is 2. The standard InChI is InChI=1S/C14H19N3O2/c1-10(15)13-5-4-12(18-3)8-14(13)19-9-11-6-7-17(2)16-11/h4-8,10H,9,15H2,1-3H3. The molecule has 0 aliphatic heterocycles. The van der Waals surface area contributed by atoms with Crippen LogP contribution in [0.3, 0.4) is 0 Å². The monoisotopic (exact) mass is 261 g/mol. The summed E-state index contributed by atoms with van der Waals surface area (Å²) in [6.07, 6.45) is 1.89. The van der Waals surface area contributed by atoms with Crippen molar-refractivity contribution in [3.8, 4) is 11.5 Å². The Bertz CT molecular complexity index is 549. The van der Waals surface area contributed by atoms with Crippen LogP contribution in [0.25, 0.3) is 0 Å². The van der Waals surface area contributed by atoms with E-state index < -0.39 is 0 Å². The average molecular weight is 261 g/mol. The van der Waals surface area contributed by atoms with Crippen molar-refractivity contribution in [2.75, 3.05) is 7.11 Å². The zero-order valence-corrected chi connectivity index (χ0v) is 11.5. The summed E-state index contributed by atoms with van der Waals surface area (Å²) in [5.41, 5.74) is 7.77. The van der Waals surface area contributed by atoms with Crippen LogP contribution in [-0.4, -0.2) is 16.9 Å². The van der Waals surface area contributed by atoms with Crippen LogP contribution in [0, 0.1) is 0 Å². The smallest absolute Gasteiger partial charge is 0.132 e.